The predicted octanol–water partition coefficient (Wildman–Crippen LogP) is 1.60. The van der Waals surface area contributed by atoms with E-state index in [2.05, 4.69) is 29.4 Å². The number of piperidine rings is 1. The van der Waals surface area contributed by atoms with Crippen LogP contribution < -0.4 is 10.6 Å². The fourth-order valence-corrected chi connectivity index (χ4v) is 3.64. The molecule has 0 aromatic carbocycles. The summed E-state index contributed by atoms with van der Waals surface area (Å²) in [6.45, 7) is 9.77. The van der Waals surface area contributed by atoms with Gasteiger partial charge in [-0.1, -0.05) is 0 Å². The lowest BCUT2D eigenvalue weighted by Crippen LogP contribution is -2.54. The first kappa shape index (κ1) is 24.9. The summed E-state index contributed by atoms with van der Waals surface area (Å²) in [4.78, 5) is 14.9. The van der Waals surface area contributed by atoms with E-state index in [0.29, 0.717) is 12.2 Å². The summed E-state index contributed by atoms with van der Waals surface area (Å²) >= 11 is 0. The molecule has 6 nitrogen and oxygen atoms in total. The predicted molar refractivity (Wildman–Crippen MR) is 105 cm³/mol. The average Bonchev–Trinajstić information content (AvgIpc) is 2.54. The van der Waals surface area contributed by atoms with Gasteiger partial charge in [0.1, 0.15) is 5.60 Å². The van der Waals surface area contributed by atoms with Crippen LogP contribution in [-0.2, 0) is 14.3 Å². The number of carbonyl (C=O) groups excluding carboxylic acids is 1. The highest BCUT2D eigenvalue weighted by molar-refractivity contribution is 5.86. The Bertz CT molecular complexity index is 372. The highest BCUT2D eigenvalue weighted by Gasteiger charge is 2.39. The minimum atomic E-state index is -0.625. The first-order valence-corrected chi connectivity index (χ1v) is 8.98. The van der Waals surface area contributed by atoms with Crippen LogP contribution in [-0.4, -0.2) is 75.0 Å². The zero-order chi connectivity index (χ0) is 16.7. The van der Waals surface area contributed by atoms with Crippen LogP contribution >= 0.6 is 24.8 Å². The van der Waals surface area contributed by atoms with Gasteiger partial charge < -0.3 is 20.1 Å². The summed E-state index contributed by atoms with van der Waals surface area (Å²) in [5, 5.41) is 6.34. The number of nitrogens with zero attached hydrogens (tertiary/aromatic N) is 1. The molecule has 2 N–H and O–H groups in total. The number of carbonyl (C=O) groups is 1. The van der Waals surface area contributed by atoms with E-state index in [1.165, 1.54) is 0 Å². The third-order valence-corrected chi connectivity index (χ3v) is 4.90. The fourth-order valence-electron chi connectivity index (χ4n) is 3.64. The molecule has 0 bridgehead atoms. The maximum Gasteiger partial charge on any atom is 0.252 e. The molecule has 0 spiro atoms. The number of hydrogen-bond acceptors (Lipinski definition) is 5. The summed E-state index contributed by atoms with van der Waals surface area (Å²) in [5.41, 5.74) is -0.625. The number of ether oxygens (including phenoxy) is 2. The van der Waals surface area contributed by atoms with Gasteiger partial charge in [0, 0.05) is 26.7 Å². The molecular weight excluding hydrogens is 365 g/mol. The van der Waals surface area contributed by atoms with Gasteiger partial charge in [0.2, 0.25) is 0 Å². The quantitative estimate of drug-likeness (QED) is 0.636. The lowest BCUT2D eigenvalue weighted by molar-refractivity contribution is -0.146. The second-order valence-corrected chi connectivity index (χ2v) is 6.93. The molecule has 0 saturated carbocycles. The normalized spacial score (nSPS) is 26.2. The van der Waals surface area contributed by atoms with Crippen LogP contribution in [0.25, 0.3) is 0 Å². The Morgan fingerprint density at radius 2 is 1.80 bits per heavy atom. The summed E-state index contributed by atoms with van der Waals surface area (Å²) in [5.74, 6) is 0.0510. The zero-order valence-corrected chi connectivity index (χ0v) is 17.3. The third-order valence-electron chi connectivity index (χ3n) is 4.90. The summed E-state index contributed by atoms with van der Waals surface area (Å²) in [6, 6.07) is 0. The second-order valence-electron chi connectivity index (χ2n) is 6.93. The van der Waals surface area contributed by atoms with Crippen molar-refractivity contribution in [2.75, 3.05) is 46.4 Å². The number of morpholine rings is 1. The van der Waals surface area contributed by atoms with Gasteiger partial charge in [-0.25, -0.2) is 0 Å². The lowest BCUT2D eigenvalue weighted by atomic mass is 9.91. The van der Waals surface area contributed by atoms with Gasteiger partial charge in [0.15, 0.2) is 0 Å². The molecule has 0 aromatic heterocycles. The van der Waals surface area contributed by atoms with Crippen molar-refractivity contribution in [1.29, 1.82) is 0 Å². The van der Waals surface area contributed by atoms with Crippen molar-refractivity contribution < 1.29 is 14.3 Å². The van der Waals surface area contributed by atoms with Crippen LogP contribution in [0.15, 0.2) is 0 Å². The number of nitrogens with one attached hydrogen (secondary N) is 2. The number of amides is 1. The molecule has 8 heteroatoms. The van der Waals surface area contributed by atoms with Crippen LogP contribution in [0, 0.1) is 0 Å². The summed E-state index contributed by atoms with van der Waals surface area (Å²) < 4.78 is 11.3. The van der Waals surface area contributed by atoms with Gasteiger partial charge >= 0.3 is 0 Å². The van der Waals surface area contributed by atoms with Gasteiger partial charge in [0.25, 0.3) is 5.91 Å². The standard InChI is InChI=1S/C17H33N3O3.2ClH/c1-14-12-20(13-15(2)23-14)11-5-4-8-19-16(21)17(22-3)6-9-18-10-7-17;;/h14-15,18H,4-13H2,1-3H3,(H,19,21);2*1H. The van der Waals surface area contributed by atoms with E-state index in [1.807, 2.05) is 0 Å². The Morgan fingerprint density at radius 1 is 1.20 bits per heavy atom. The molecule has 0 radical (unpaired) electrons. The molecule has 1 amide bonds. The molecule has 0 aromatic rings. The van der Waals surface area contributed by atoms with E-state index in [1.54, 1.807) is 7.11 Å². The largest absolute Gasteiger partial charge is 0.373 e. The number of rotatable bonds is 7. The number of halogens is 2. The first-order chi connectivity index (χ1) is 11.1. The molecule has 150 valence electrons. The van der Waals surface area contributed by atoms with Crippen molar-refractivity contribution in [2.45, 2.75) is 57.3 Å². The molecule has 2 rings (SSSR count). The SMILES string of the molecule is COC1(C(=O)NCCCCN2CC(C)OC(C)C2)CCNCC1.Cl.Cl. The zero-order valence-electron chi connectivity index (χ0n) is 15.7. The van der Waals surface area contributed by atoms with E-state index in [9.17, 15) is 4.79 Å². The first-order valence-electron chi connectivity index (χ1n) is 8.98. The van der Waals surface area contributed by atoms with Crippen LogP contribution in [0.4, 0.5) is 0 Å². The lowest BCUT2D eigenvalue weighted by Gasteiger charge is -2.35. The van der Waals surface area contributed by atoms with Crippen molar-refractivity contribution in [3.8, 4) is 0 Å². The van der Waals surface area contributed by atoms with Crippen LogP contribution in [0.1, 0.15) is 39.5 Å². The van der Waals surface area contributed by atoms with Crippen molar-refractivity contribution in [3.63, 3.8) is 0 Å². The van der Waals surface area contributed by atoms with E-state index >= 15 is 0 Å². The maximum atomic E-state index is 12.4. The maximum absolute atomic E-state index is 12.4. The van der Waals surface area contributed by atoms with Crippen LogP contribution in [0.3, 0.4) is 0 Å². The minimum absolute atomic E-state index is 0. The number of methoxy groups -OCH3 is 1. The second kappa shape index (κ2) is 12.3. The summed E-state index contributed by atoms with van der Waals surface area (Å²) in [6.07, 6.45) is 4.24. The molecular formula is C17H35Cl2N3O3. The Morgan fingerprint density at radius 3 is 2.36 bits per heavy atom. The Hall–Kier alpha value is -0.110. The van der Waals surface area contributed by atoms with E-state index in [-0.39, 0.29) is 30.7 Å². The van der Waals surface area contributed by atoms with Crippen LogP contribution in [0.5, 0.6) is 0 Å². The molecule has 2 fully saturated rings. The average molecular weight is 400 g/mol. The number of hydrogen-bond donors (Lipinski definition) is 2. The fraction of sp³-hybridized carbons (Fsp3) is 0.941. The van der Waals surface area contributed by atoms with Crippen molar-refractivity contribution in [3.05, 3.63) is 0 Å². The van der Waals surface area contributed by atoms with Crippen LogP contribution in [0.2, 0.25) is 0 Å². The minimum Gasteiger partial charge on any atom is -0.373 e. The summed E-state index contributed by atoms with van der Waals surface area (Å²) in [7, 11) is 1.64. The van der Waals surface area contributed by atoms with Crippen molar-refractivity contribution in [2.24, 2.45) is 0 Å². The molecule has 2 aliphatic rings. The molecule has 2 atom stereocenters. The Balaban J connectivity index is 0.00000288. The topological polar surface area (TPSA) is 62.8 Å². The smallest absolute Gasteiger partial charge is 0.252 e. The molecule has 0 aliphatic carbocycles. The van der Waals surface area contributed by atoms with E-state index in [4.69, 9.17) is 9.47 Å². The highest BCUT2D eigenvalue weighted by atomic mass is 35.5. The molecule has 2 unspecified atom stereocenters. The molecule has 25 heavy (non-hydrogen) atoms. The van der Waals surface area contributed by atoms with Crippen molar-refractivity contribution >= 4 is 30.7 Å². The molecule has 2 aliphatic heterocycles. The van der Waals surface area contributed by atoms with Gasteiger partial charge in [-0.3, -0.25) is 9.69 Å². The van der Waals surface area contributed by atoms with Gasteiger partial charge in [-0.2, -0.15) is 0 Å². The Kier molecular flexibility index (Phi) is 12.3. The monoisotopic (exact) mass is 399 g/mol. The van der Waals surface area contributed by atoms with E-state index < -0.39 is 5.60 Å². The third kappa shape index (κ3) is 7.57. The van der Waals surface area contributed by atoms with Crippen molar-refractivity contribution in [1.82, 2.24) is 15.5 Å². The molecule has 2 saturated heterocycles. The highest BCUT2D eigenvalue weighted by Crippen LogP contribution is 2.22. The van der Waals surface area contributed by atoms with Gasteiger partial charge in [-0.05, 0) is 59.2 Å². The van der Waals surface area contributed by atoms with Gasteiger partial charge in [-0.15, -0.1) is 24.8 Å². The number of unbranched alkanes of at least 4 members (excludes halogenated alkanes) is 1. The van der Waals surface area contributed by atoms with Gasteiger partial charge in [0.05, 0.1) is 12.2 Å². The molecule has 2 heterocycles. The Labute approximate surface area is 164 Å². The van der Waals surface area contributed by atoms with E-state index in [0.717, 1.165) is 65.0 Å².